The van der Waals surface area contributed by atoms with Gasteiger partial charge in [0.05, 0.1) is 25.6 Å². The minimum Gasteiger partial charge on any atom is -0.394 e. The molecule has 0 unspecified atom stereocenters. The molecule has 1 aromatic carbocycles. The Morgan fingerprint density at radius 2 is 1.93 bits per heavy atom. The molecule has 0 aliphatic heterocycles. The number of aromatic nitrogens is 4. The lowest BCUT2D eigenvalue weighted by atomic mass is 10.2. The molecule has 28 heavy (non-hydrogen) atoms. The Balaban J connectivity index is 1.89. The zero-order valence-electron chi connectivity index (χ0n) is 15.4. The number of ether oxygens (including phenoxy) is 1. The molecule has 0 aliphatic rings. The number of anilines is 2. The van der Waals surface area contributed by atoms with Crippen molar-refractivity contribution in [3.8, 4) is 0 Å². The number of aliphatic hydroxyl groups excluding tert-OH is 3. The number of nitrogens with two attached hydrogens (primary N) is 1. The van der Waals surface area contributed by atoms with E-state index in [1.54, 1.807) is 0 Å². The molecule has 2 aromatic heterocycles. The van der Waals surface area contributed by atoms with E-state index in [0.29, 0.717) is 23.5 Å². The Morgan fingerprint density at radius 1 is 1.18 bits per heavy atom. The summed E-state index contributed by atoms with van der Waals surface area (Å²) in [5.74, 6) is 0.492. The number of hydrogen-bond acceptors (Lipinski definition) is 9. The van der Waals surface area contributed by atoms with Crippen LogP contribution in [0, 0.1) is 0 Å². The van der Waals surface area contributed by atoms with Crippen molar-refractivity contribution >= 4 is 22.9 Å². The number of nitrogens with zero attached hydrogens (tertiary/aromatic N) is 4. The van der Waals surface area contributed by atoms with Crippen molar-refractivity contribution in [2.45, 2.75) is 31.9 Å². The largest absolute Gasteiger partial charge is 0.394 e. The molecule has 0 radical (unpaired) electrons. The van der Waals surface area contributed by atoms with Crippen molar-refractivity contribution in [1.82, 2.24) is 19.5 Å². The average Bonchev–Trinajstić information content (AvgIpc) is 3.11. The first-order valence-electron chi connectivity index (χ1n) is 8.86. The van der Waals surface area contributed by atoms with Crippen molar-refractivity contribution in [3.05, 3.63) is 42.2 Å². The molecule has 3 atom stereocenters. The Morgan fingerprint density at radius 3 is 2.57 bits per heavy atom. The lowest BCUT2D eigenvalue weighted by Gasteiger charge is -2.25. The van der Waals surface area contributed by atoms with E-state index < -0.39 is 31.6 Å². The fraction of sp³-hybridized carbons (Fsp3) is 0.389. The highest BCUT2D eigenvalue weighted by Gasteiger charge is 2.24. The number of aliphatic hydroxyl groups is 3. The summed E-state index contributed by atoms with van der Waals surface area (Å²) in [5, 5.41) is 32.0. The highest BCUT2D eigenvalue weighted by molar-refractivity contribution is 5.84. The maximum absolute atomic E-state index is 9.75. The molecule has 0 spiro atoms. The molecule has 10 nitrogen and oxygen atoms in total. The number of benzene rings is 1. The Bertz CT molecular complexity index is 902. The van der Waals surface area contributed by atoms with Gasteiger partial charge in [0, 0.05) is 6.54 Å². The van der Waals surface area contributed by atoms with E-state index in [9.17, 15) is 15.3 Å². The van der Waals surface area contributed by atoms with Crippen molar-refractivity contribution in [3.63, 3.8) is 0 Å². The molecular formula is C18H24N6O4. The Hall–Kier alpha value is -2.79. The molecule has 6 N–H and O–H groups in total. The van der Waals surface area contributed by atoms with Gasteiger partial charge in [0.15, 0.2) is 23.2 Å². The molecule has 0 amide bonds. The van der Waals surface area contributed by atoms with Gasteiger partial charge in [0.25, 0.3) is 0 Å². The third-order valence-corrected chi connectivity index (χ3v) is 4.26. The number of hydrogen-bond donors (Lipinski definition) is 5. The minimum absolute atomic E-state index is 0.0377. The quantitative estimate of drug-likeness (QED) is 0.348. The number of rotatable bonds is 9. The van der Waals surface area contributed by atoms with Crippen molar-refractivity contribution < 1.29 is 20.1 Å². The van der Waals surface area contributed by atoms with Crippen LogP contribution in [-0.2, 0) is 11.3 Å². The highest BCUT2D eigenvalue weighted by atomic mass is 16.5. The van der Waals surface area contributed by atoms with Gasteiger partial charge in [-0.1, -0.05) is 30.3 Å². The summed E-state index contributed by atoms with van der Waals surface area (Å²) in [6, 6.07) is 9.78. The summed E-state index contributed by atoms with van der Waals surface area (Å²) in [4.78, 5) is 12.7. The summed E-state index contributed by atoms with van der Waals surface area (Å²) in [5.41, 5.74) is 7.74. The Labute approximate surface area is 161 Å². The molecule has 2 heterocycles. The minimum atomic E-state index is -0.920. The van der Waals surface area contributed by atoms with E-state index in [4.69, 9.17) is 10.5 Å². The summed E-state index contributed by atoms with van der Waals surface area (Å²) >= 11 is 0. The average molecular weight is 388 g/mol. The monoisotopic (exact) mass is 388 g/mol. The van der Waals surface area contributed by atoms with Gasteiger partial charge in [-0.15, -0.1) is 0 Å². The molecule has 10 heteroatoms. The van der Waals surface area contributed by atoms with Crippen LogP contribution in [0.25, 0.3) is 11.2 Å². The van der Waals surface area contributed by atoms with Gasteiger partial charge in [0.1, 0.15) is 6.10 Å². The van der Waals surface area contributed by atoms with Gasteiger partial charge < -0.3 is 31.1 Å². The topological polar surface area (TPSA) is 152 Å². The van der Waals surface area contributed by atoms with Gasteiger partial charge in [-0.05, 0) is 12.5 Å². The van der Waals surface area contributed by atoms with E-state index in [1.807, 2.05) is 30.3 Å². The van der Waals surface area contributed by atoms with E-state index in [1.165, 1.54) is 17.8 Å². The second kappa shape index (κ2) is 8.93. The summed E-state index contributed by atoms with van der Waals surface area (Å²) in [6.07, 6.45) is -1.25. The molecule has 3 rings (SSSR count). The molecule has 150 valence electrons. The van der Waals surface area contributed by atoms with Crippen molar-refractivity contribution in [2.75, 3.05) is 24.3 Å². The normalized spacial score (nSPS) is 14.7. The molecule has 0 bridgehead atoms. The summed E-state index contributed by atoms with van der Waals surface area (Å²) < 4.78 is 7.12. The maximum Gasteiger partial charge on any atom is 0.224 e. The molecular weight excluding hydrogens is 364 g/mol. The van der Waals surface area contributed by atoms with Gasteiger partial charge >= 0.3 is 0 Å². The predicted molar refractivity (Wildman–Crippen MR) is 103 cm³/mol. The van der Waals surface area contributed by atoms with E-state index in [-0.39, 0.29) is 5.95 Å². The number of nitrogens with one attached hydrogen (secondary N) is 1. The van der Waals surface area contributed by atoms with Crippen LogP contribution < -0.4 is 11.1 Å². The molecule has 0 saturated carbocycles. The predicted octanol–water partition coefficient (Wildman–Crippen LogP) is 0.270. The first kappa shape index (κ1) is 20.0. The second-order valence-electron chi connectivity index (χ2n) is 6.33. The number of nitrogen functional groups attached to an aromatic ring is 1. The van der Waals surface area contributed by atoms with Crippen LogP contribution in [0.1, 0.15) is 18.7 Å². The van der Waals surface area contributed by atoms with Gasteiger partial charge in [-0.3, -0.25) is 4.57 Å². The van der Waals surface area contributed by atoms with Crippen LogP contribution in [-0.4, -0.2) is 60.3 Å². The van der Waals surface area contributed by atoms with Crippen molar-refractivity contribution in [2.24, 2.45) is 0 Å². The smallest absolute Gasteiger partial charge is 0.224 e. The number of fused-ring (bicyclic) bond motifs is 1. The second-order valence-corrected chi connectivity index (χ2v) is 6.33. The lowest BCUT2D eigenvalue weighted by molar-refractivity contribution is -0.131. The van der Waals surface area contributed by atoms with E-state index in [0.717, 1.165) is 5.56 Å². The highest BCUT2D eigenvalue weighted by Crippen LogP contribution is 2.24. The molecule has 0 aliphatic carbocycles. The SMILES string of the molecule is C[C@H](O)[C@@H](CO)O[C@H](CO)n1cnc2c(NCc3ccccc3)nc(N)nc21. The van der Waals surface area contributed by atoms with Crippen molar-refractivity contribution in [1.29, 1.82) is 0 Å². The van der Waals surface area contributed by atoms with Gasteiger partial charge in [-0.2, -0.15) is 9.97 Å². The third-order valence-electron chi connectivity index (χ3n) is 4.26. The summed E-state index contributed by atoms with van der Waals surface area (Å²) in [6.45, 7) is 1.20. The molecule has 3 aromatic rings. The third kappa shape index (κ3) is 4.37. The summed E-state index contributed by atoms with van der Waals surface area (Å²) in [7, 11) is 0. The lowest BCUT2D eigenvalue weighted by Crippen LogP contribution is -2.34. The van der Waals surface area contributed by atoms with E-state index >= 15 is 0 Å². The van der Waals surface area contributed by atoms with Crippen LogP contribution in [0.5, 0.6) is 0 Å². The fourth-order valence-corrected chi connectivity index (χ4v) is 2.76. The van der Waals surface area contributed by atoms with Gasteiger partial charge in [-0.25, -0.2) is 4.98 Å². The first-order chi connectivity index (χ1) is 13.5. The van der Waals surface area contributed by atoms with Crippen LogP contribution in [0.4, 0.5) is 11.8 Å². The first-order valence-corrected chi connectivity index (χ1v) is 8.86. The standard InChI is InChI=1S/C18H24N6O4/c1-11(27)13(8-25)28-14(9-26)24-10-21-15-16(22-18(19)23-17(15)24)20-7-12-5-3-2-4-6-12/h2-6,10-11,13-14,25-27H,7-9H2,1H3,(H3,19,20,22,23)/t11-,13+,14+/m0/s1. The zero-order chi connectivity index (χ0) is 20.1. The van der Waals surface area contributed by atoms with Crippen LogP contribution in [0.2, 0.25) is 0 Å². The zero-order valence-corrected chi connectivity index (χ0v) is 15.4. The Kier molecular flexibility index (Phi) is 6.37. The molecule has 0 saturated heterocycles. The van der Waals surface area contributed by atoms with E-state index in [2.05, 4.69) is 20.3 Å². The van der Waals surface area contributed by atoms with Crippen LogP contribution in [0.15, 0.2) is 36.7 Å². The van der Waals surface area contributed by atoms with Crippen LogP contribution in [0.3, 0.4) is 0 Å². The van der Waals surface area contributed by atoms with Gasteiger partial charge in [0.2, 0.25) is 5.95 Å². The number of imidazole rings is 1. The fourth-order valence-electron chi connectivity index (χ4n) is 2.76. The molecule has 0 fully saturated rings. The van der Waals surface area contributed by atoms with Crippen LogP contribution >= 0.6 is 0 Å². The maximum atomic E-state index is 9.75.